The van der Waals surface area contributed by atoms with Crippen LogP contribution < -0.4 is 0 Å². The van der Waals surface area contributed by atoms with Crippen molar-refractivity contribution < 1.29 is 0 Å². The van der Waals surface area contributed by atoms with Crippen molar-refractivity contribution in [1.29, 1.82) is 0 Å². The van der Waals surface area contributed by atoms with E-state index in [1.54, 1.807) is 0 Å². The molecule has 4 aromatic carbocycles. The van der Waals surface area contributed by atoms with E-state index < -0.39 is 0 Å². The summed E-state index contributed by atoms with van der Waals surface area (Å²) in [5, 5.41) is 2.48. The summed E-state index contributed by atoms with van der Waals surface area (Å²) < 4.78 is 0. The van der Waals surface area contributed by atoms with Gasteiger partial charge in [0.1, 0.15) is 0 Å². The van der Waals surface area contributed by atoms with Crippen molar-refractivity contribution in [1.82, 2.24) is 0 Å². The Kier molecular flexibility index (Phi) is 9.03. The van der Waals surface area contributed by atoms with Crippen LogP contribution in [0.15, 0.2) is 92.0 Å². The molecule has 0 saturated heterocycles. The first-order valence-electron chi connectivity index (χ1n) is 11.2. The van der Waals surface area contributed by atoms with Gasteiger partial charge in [0.2, 0.25) is 0 Å². The molecular formula is C31H34. The van der Waals surface area contributed by atoms with Gasteiger partial charge in [-0.1, -0.05) is 137 Å². The highest BCUT2D eigenvalue weighted by Gasteiger charge is 2.18. The lowest BCUT2D eigenvalue weighted by molar-refractivity contribution is 1.47. The van der Waals surface area contributed by atoms with Crippen molar-refractivity contribution in [2.75, 3.05) is 0 Å². The Labute approximate surface area is 188 Å². The maximum atomic E-state index is 4.14. The highest BCUT2D eigenvalue weighted by molar-refractivity contribution is 6.11. The third-order valence-electron chi connectivity index (χ3n) is 5.07. The topological polar surface area (TPSA) is 0 Å². The van der Waals surface area contributed by atoms with E-state index in [0.717, 1.165) is 11.1 Å². The van der Waals surface area contributed by atoms with Crippen LogP contribution in [-0.4, -0.2) is 0 Å². The summed E-state index contributed by atoms with van der Waals surface area (Å²) in [6, 6.07) is 27.8. The second kappa shape index (κ2) is 11.7. The SMILES string of the molecule is C=Cc1c(C=C)c(-c2cccc(C)c2)c2ccccc2c1-c1ccccc1.CC.CC. The lowest BCUT2D eigenvalue weighted by Gasteiger charge is -2.20. The van der Waals surface area contributed by atoms with Crippen LogP contribution in [0, 0.1) is 6.92 Å². The summed E-state index contributed by atoms with van der Waals surface area (Å²) in [6.07, 6.45) is 3.93. The van der Waals surface area contributed by atoms with Crippen molar-refractivity contribution in [2.45, 2.75) is 34.6 Å². The van der Waals surface area contributed by atoms with Gasteiger partial charge in [0.25, 0.3) is 0 Å². The van der Waals surface area contributed by atoms with Gasteiger partial charge in [-0.2, -0.15) is 0 Å². The molecule has 0 heterocycles. The fourth-order valence-electron chi connectivity index (χ4n) is 3.93. The van der Waals surface area contributed by atoms with Crippen molar-refractivity contribution in [3.05, 3.63) is 109 Å². The monoisotopic (exact) mass is 406 g/mol. The fourth-order valence-corrected chi connectivity index (χ4v) is 3.93. The summed E-state index contributed by atoms with van der Waals surface area (Å²) in [5.41, 5.74) is 8.36. The molecule has 4 aromatic rings. The summed E-state index contributed by atoms with van der Waals surface area (Å²) >= 11 is 0. The molecule has 0 atom stereocenters. The van der Waals surface area contributed by atoms with Crippen LogP contribution in [0.5, 0.6) is 0 Å². The van der Waals surface area contributed by atoms with Crippen LogP contribution in [0.1, 0.15) is 44.4 Å². The van der Waals surface area contributed by atoms with Gasteiger partial charge in [-0.05, 0) is 51.1 Å². The molecule has 0 aliphatic rings. The quantitative estimate of drug-likeness (QED) is 0.316. The molecule has 0 bridgehead atoms. The number of aryl methyl sites for hydroxylation is 1. The van der Waals surface area contributed by atoms with Crippen molar-refractivity contribution in [2.24, 2.45) is 0 Å². The molecule has 0 fully saturated rings. The minimum atomic E-state index is 1.13. The Morgan fingerprint density at radius 3 is 1.48 bits per heavy atom. The Morgan fingerprint density at radius 2 is 1.00 bits per heavy atom. The van der Waals surface area contributed by atoms with Crippen molar-refractivity contribution >= 4 is 22.9 Å². The third-order valence-corrected chi connectivity index (χ3v) is 5.07. The first kappa shape index (κ1) is 23.9. The smallest absolute Gasteiger partial charge is 0.00265 e. The van der Waals surface area contributed by atoms with Crippen molar-refractivity contribution in [3.63, 3.8) is 0 Å². The minimum absolute atomic E-state index is 1.13. The normalized spacial score (nSPS) is 9.71. The maximum Gasteiger partial charge on any atom is -0.00265 e. The van der Waals surface area contributed by atoms with E-state index in [4.69, 9.17) is 0 Å². The van der Waals surface area contributed by atoms with Gasteiger partial charge in [0, 0.05) is 0 Å². The molecular weight excluding hydrogens is 372 g/mol. The predicted molar refractivity (Wildman–Crippen MR) is 142 cm³/mol. The fraction of sp³-hybridized carbons (Fsp3) is 0.161. The molecule has 0 amide bonds. The summed E-state index contributed by atoms with van der Waals surface area (Å²) in [7, 11) is 0. The first-order valence-corrected chi connectivity index (χ1v) is 11.2. The van der Waals surface area contributed by atoms with Gasteiger partial charge < -0.3 is 0 Å². The average molecular weight is 407 g/mol. The van der Waals surface area contributed by atoms with Crippen LogP contribution in [0.25, 0.3) is 45.2 Å². The summed E-state index contributed by atoms with van der Waals surface area (Å²) in [5.74, 6) is 0. The number of benzene rings is 4. The second-order valence-corrected chi connectivity index (χ2v) is 6.77. The summed E-state index contributed by atoms with van der Waals surface area (Å²) in [4.78, 5) is 0. The van der Waals surface area contributed by atoms with Crippen LogP contribution in [0.3, 0.4) is 0 Å². The number of rotatable bonds is 4. The lowest BCUT2D eigenvalue weighted by Crippen LogP contribution is -1.96. The Bertz CT molecular complexity index is 1150. The van der Waals surface area contributed by atoms with E-state index in [1.807, 2.05) is 39.8 Å². The average Bonchev–Trinajstić information content (AvgIpc) is 2.85. The standard InChI is InChI=1S/C27H22.2C2H6/c1-4-22-23(5-2)27(21-15-11-12-19(3)18-21)25-17-10-9-16-24(25)26(22)20-13-7-6-8-14-20;2*1-2/h4-18H,1-2H2,3H3;2*1-2H3. The van der Waals surface area contributed by atoms with Gasteiger partial charge in [-0.3, -0.25) is 0 Å². The van der Waals surface area contributed by atoms with E-state index >= 15 is 0 Å². The zero-order chi connectivity index (χ0) is 22.8. The van der Waals surface area contributed by atoms with Gasteiger partial charge in [0.05, 0.1) is 0 Å². The van der Waals surface area contributed by atoms with E-state index in [9.17, 15) is 0 Å². The molecule has 0 aliphatic heterocycles. The molecule has 31 heavy (non-hydrogen) atoms. The maximum absolute atomic E-state index is 4.14. The third kappa shape index (κ3) is 4.86. The van der Waals surface area contributed by atoms with E-state index in [-0.39, 0.29) is 0 Å². The molecule has 0 aliphatic carbocycles. The molecule has 0 N–H and O–H groups in total. The van der Waals surface area contributed by atoms with Gasteiger partial charge in [-0.25, -0.2) is 0 Å². The number of fused-ring (bicyclic) bond motifs is 1. The first-order chi connectivity index (χ1) is 15.2. The highest BCUT2D eigenvalue weighted by Crippen LogP contribution is 2.43. The Morgan fingerprint density at radius 1 is 0.548 bits per heavy atom. The van der Waals surface area contributed by atoms with Crippen molar-refractivity contribution in [3.8, 4) is 22.3 Å². The summed E-state index contributed by atoms with van der Waals surface area (Å²) in [6.45, 7) is 18.4. The molecule has 0 spiro atoms. The van der Waals surface area contributed by atoms with E-state index in [1.165, 1.54) is 38.6 Å². The second-order valence-electron chi connectivity index (χ2n) is 6.77. The van der Waals surface area contributed by atoms with Crippen LogP contribution in [-0.2, 0) is 0 Å². The highest BCUT2D eigenvalue weighted by atomic mass is 14.2. The largest absolute Gasteiger partial charge is 0.0984 e. The number of hydrogen-bond acceptors (Lipinski definition) is 0. The van der Waals surface area contributed by atoms with Gasteiger partial charge in [0.15, 0.2) is 0 Å². The zero-order valence-electron chi connectivity index (χ0n) is 19.6. The molecule has 0 saturated carbocycles. The van der Waals surface area contributed by atoms with E-state index in [2.05, 4.69) is 98.9 Å². The molecule has 0 nitrogen and oxygen atoms in total. The molecule has 0 unspecified atom stereocenters. The van der Waals surface area contributed by atoms with E-state index in [0.29, 0.717) is 0 Å². The molecule has 0 radical (unpaired) electrons. The molecule has 158 valence electrons. The zero-order valence-corrected chi connectivity index (χ0v) is 19.6. The lowest BCUT2D eigenvalue weighted by atomic mass is 9.83. The minimum Gasteiger partial charge on any atom is -0.0984 e. The number of hydrogen-bond donors (Lipinski definition) is 0. The van der Waals surface area contributed by atoms with Crippen LogP contribution in [0.2, 0.25) is 0 Å². The molecule has 0 aromatic heterocycles. The van der Waals surface area contributed by atoms with Crippen LogP contribution in [0.4, 0.5) is 0 Å². The molecule has 0 heteroatoms. The molecule has 4 rings (SSSR count). The Balaban J connectivity index is 0.000000807. The van der Waals surface area contributed by atoms with Gasteiger partial charge >= 0.3 is 0 Å². The predicted octanol–water partition coefficient (Wildman–Crippen LogP) is 9.82. The van der Waals surface area contributed by atoms with Gasteiger partial charge in [-0.15, -0.1) is 0 Å². The van der Waals surface area contributed by atoms with Crippen LogP contribution >= 0.6 is 0 Å². The Hall–Kier alpha value is -3.38.